The van der Waals surface area contributed by atoms with Gasteiger partial charge in [-0.2, -0.15) is 5.21 Å². The first-order valence-electron chi connectivity index (χ1n) is 16.9. The number of halogens is 1. The third kappa shape index (κ3) is 9.85. The Bertz CT molecular complexity index is 1670. The van der Waals surface area contributed by atoms with Gasteiger partial charge in [-0.1, -0.05) is 79.9 Å². The first-order valence-corrected chi connectivity index (χ1v) is 17.3. The standard InChI is InChI=1S/C34H43ClN8O7/c1-2-3-14-30-36-31(35)29(23-49-34(45)41-19-10-13-28(41)33(44)48-20-8-4-5-9-21-50-43(46)47)42(30)22-24-15-17-25(18-16-24)26-11-6-7-12-27(26)32-37-39-40-38-32/h6-7,11-12,15-18,28,46-47H,2-5,8-10,13-14,19-23H2,1H3,(H,37,38,39,40). The van der Waals surface area contributed by atoms with E-state index in [-0.39, 0.29) is 30.4 Å². The maximum Gasteiger partial charge on any atom is 0.410 e. The van der Waals surface area contributed by atoms with E-state index in [1.54, 1.807) is 0 Å². The number of amides is 1. The second-order valence-corrected chi connectivity index (χ2v) is 12.4. The molecule has 5 rings (SSSR count). The van der Waals surface area contributed by atoms with Gasteiger partial charge in [0, 0.05) is 25.1 Å². The molecule has 0 radical (unpaired) electrons. The van der Waals surface area contributed by atoms with Crippen molar-refractivity contribution in [2.24, 2.45) is 0 Å². The third-order valence-electron chi connectivity index (χ3n) is 8.56. The first-order chi connectivity index (χ1) is 24.4. The molecule has 1 fully saturated rings. The molecular weight excluding hydrogens is 668 g/mol. The maximum absolute atomic E-state index is 13.3. The molecule has 2 aromatic carbocycles. The van der Waals surface area contributed by atoms with Gasteiger partial charge in [0.1, 0.15) is 18.5 Å². The normalized spacial score (nSPS) is 14.4. The largest absolute Gasteiger partial charge is 0.464 e. The highest BCUT2D eigenvalue weighted by Crippen LogP contribution is 2.30. The summed E-state index contributed by atoms with van der Waals surface area (Å²) >= 11 is 6.65. The van der Waals surface area contributed by atoms with Crippen LogP contribution in [0, 0.1) is 0 Å². The number of tetrazole rings is 1. The van der Waals surface area contributed by atoms with Crippen LogP contribution in [0.5, 0.6) is 0 Å². The number of carbonyl (C=O) groups excluding carboxylic acids is 2. The average Bonchev–Trinajstić information content (AvgIpc) is 3.89. The van der Waals surface area contributed by atoms with Crippen molar-refractivity contribution in [3.8, 4) is 22.5 Å². The number of rotatable bonds is 18. The van der Waals surface area contributed by atoms with E-state index in [9.17, 15) is 9.59 Å². The summed E-state index contributed by atoms with van der Waals surface area (Å²) in [5.74, 6) is 0.880. The number of aromatic nitrogens is 6. The number of unbranched alkanes of at least 4 members (excludes halogenated alkanes) is 4. The Hall–Kier alpha value is -4.41. The predicted octanol–water partition coefficient (Wildman–Crippen LogP) is 5.99. The number of nitrogens with zero attached hydrogens (tertiary/aromatic N) is 7. The lowest BCUT2D eigenvalue weighted by molar-refractivity contribution is -0.492. The number of aromatic amines is 1. The smallest absolute Gasteiger partial charge is 0.410 e. The predicted molar refractivity (Wildman–Crippen MR) is 181 cm³/mol. The van der Waals surface area contributed by atoms with Gasteiger partial charge in [0.2, 0.25) is 5.82 Å². The summed E-state index contributed by atoms with van der Waals surface area (Å²) in [6, 6.07) is 15.4. The fourth-order valence-electron chi connectivity index (χ4n) is 5.95. The lowest BCUT2D eigenvalue weighted by atomic mass is 9.98. The highest BCUT2D eigenvalue weighted by Gasteiger charge is 2.36. The van der Waals surface area contributed by atoms with E-state index in [0.29, 0.717) is 50.3 Å². The van der Waals surface area contributed by atoms with Crippen LogP contribution in [0.3, 0.4) is 0 Å². The third-order valence-corrected chi connectivity index (χ3v) is 8.86. The van der Waals surface area contributed by atoms with Crippen molar-refractivity contribution in [3.63, 3.8) is 0 Å². The van der Waals surface area contributed by atoms with Gasteiger partial charge in [-0.15, -0.1) is 10.2 Å². The number of aryl methyl sites for hydroxylation is 1. The number of H-pyrrole nitrogens is 1. The van der Waals surface area contributed by atoms with Crippen LogP contribution in [-0.2, 0) is 38.7 Å². The Morgan fingerprint density at radius 2 is 1.76 bits per heavy atom. The van der Waals surface area contributed by atoms with E-state index in [0.717, 1.165) is 60.2 Å². The highest BCUT2D eigenvalue weighted by molar-refractivity contribution is 6.30. The molecule has 1 unspecified atom stereocenters. The van der Waals surface area contributed by atoms with Gasteiger partial charge in [-0.3, -0.25) is 20.2 Å². The monoisotopic (exact) mass is 710 g/mol. The number of likely N-dealkylation sites (tertiary alicyclic amines) is 1. The summed E-state index contributed by atoms with van der Waals surface area (Å²) in [4.78, 5) is 36.7. The lowest BCUT2D eigenvalue weighted by Gasteiger charge is -2.23. The van der Waals surface area contributed by atoms with E-state index in [1.807, 2.05) is 53.1 Å². The number of imidazole rings is 1. The Labute approximate surface area is 295 Å². The number of hydrogen-bond donors (Lipinski definition) is 3. The molecule has 1 atom stereocenters. The number of carbonyl (C=O) groups is 2. The molecule has 50 heavy (non-hydrogen) atoms. The molecule has 1 aliphatic heterocycles. The maximum atomic E-state index is 13.3. The zero-order valence-electron chi connectivity index (χ0n) is 28.0. The molecule has 16 heteroatoms. The van der Waals surface area contributed by atoms with E-state index < -0.39 is 18.1 Å². The molecular formula is C34H43ClN8O7. The zero-order chi connectivity index (χ0) is 35.3. The van der Waals surface area contributed by atoms with Crippen LogP contribution >= 0.6 is 11.6 Å². The molecule has 0 saturated carbocycles. The van der Waals surface area contributed by atoms with Crippen molar-refractivity contribution in [3.05, 3.63) is 70.8 Å². The molecule has 15 nitrogen and oxygen atoms in total. The van der Waals surface area contributed by atoms with Gasteiger partial charge in [0.05, 0.1) is 24.3 Å². The molecule has 3 heterocycles. The topological polar surface area (TPSA) is 181 Å². The number of benzene rings is 2. The number of nitrogens with one attached hydrogen (secondary N) is 1. The molecule has 2 aromatic heterocycles. The summed E-state index contributed by atoms with van der Waals surface area (Å²) in [6.45, 7) is 3.28. The van der Waals surface area contributed by atoms with Crippen molar-refractivity contribution in [2.75, 3.05) is 19.8 Å². The summed E-state index contributed by atoms with van der Waals surface area (Å²) in [5.41, 5.74) is 4.46. The fraction of sp³-hybridized carbons (Fsp3) is 0.471. The van der Waals surface area contributed by atoms with Crippen molar-refractivity contribution in [1.29, 1.82) is 0 Å². The van der Waals surface area contributed by atoms with Gasteiger partial charge in [0.15, 0.2) is 5.15 Å². The first kappa shape index (κ1) is 36.9. The van der Waals surface area contributed by atoms with E-state index in [1.165, 1.54) is 4.90 Å². The van der Waals surface area contributed by atoms with E-state index in [2.05, 4.69) is 37.4 Å². The second kappa shape index (κ2) is 18.5. The van der Waals surface area contributed by atoms with E-state index >= 15 is 0 Å². The Balaban J connectivity index is 1.20. The van der Waals surface area contributed by atoms with Crippen molar-refractivity contribution < 1.29 is 34.3 Å². The van der Waals surface area contributed by atoms with Gasteiger partial charge in [0.25, 0.3) is 0 Å². The van der Waals surface area contributed by atoms with Crippen molar-refractivity contribution >= 4 is 23.7 Å². The molecule has 3 N–H and O–H groups in total. The lowest BCUT2D eigenvalue weighted by Crippen LogP contribution is -2.41. The minimum Gasteiger partial charge on any atom is -0.464 e. The molecule has 268 valence electrons. The van der Waals surface area contributed by atoms with Crippen LogP contribution < -0.4 is 0 Å². The highest BCUT2D eigenvalue weighted by atomic mass is 35.5. The van der Waals surface area contributed by atoms with Crippen molar-refractivity contribution in [2.45, 2.75) is 83.9 Å². The molecule has 1 aliphatic rings. The van der Waals surface area contributed by atoms with Crippen LogP contribution in [0.15, 0.2) is 48.5 Å². The summed E-state index contributed by atoms with van der Waals surface area (Å²) in [6.07, 6.45) is 6.01. The molecule has 0 spiro atoms. The SMILES string of the molecule is CCCCc1nc(Cl)c(COC(=O)N2CCCC2C(=O)OCCCCCCON(O)O)n1Cc1ccc(-c2ccccc2-c2nn[nH]n2)cc1. The Kier molecular flexibility index (Phi) is 13.7. The zero-order valence-corrected chi connectivity index (χ0v) is 28.8. The minimum absolute atomic E-state index is 0.0980. The van der Waals surface area contributed by atoms with Crippen LogP contribution in [0.4, 0.5) is 4.79 Å². The summed E-state index contributed by atoms with van der Waals surface area (Å²) in [5, 5.41) is 31.5. The molecule has 0 bridgehead atoms. The summed E-state index contributed by atoms with van der Waals surface area (Å²) in [7, 11) is 0. The van der Waals surface area contributed by atoms with Crippen LogP contribution in [0.1, 0.15) is 75.4 Å². The minimum atomic E-state index is -0.708. The van der Waals surface area contributed by atoms with E-state index in [4.69, 9.17) is 31.5 Å². The second-order valence-electron chi connectivity index (χ2n) is 12.0. The Morgan fingerprint density at radius 3 is 2.48 bits per heavy atom. The Morgan fingerprint density at radius 1 is 1.00 bits per heavy atom. The van der Waals surface area contributed by atoms with Gasteiger partial charge >= 0.3 is 12.1 Å². The summed E-state index contributed by atoms with van der Waals surface area (Å²) < 4.78 is 13.2. The van der Waals surface area contributed by atoms with Crippen LogP contribution in [0.25, 0.3) is 22.5 Å². The quantitative estimate of drug-likeness (QED) is 0.0624. The number of hydrogen-bond acceptors (Lipinski definition) is 12. The molecule has 1 amide bonds. The van der Waals surface area contributed by atoms with Crippen molar-refractivity contribution in [1.82, 2.24) is 40.5 Å². The number of ether oxygens (including phenoxy) is 2. The number of esters is 1. The average molecular weight is 711 g/mol. The molecule has 4 aromatic rings. The van der Waals surface area contributed by atoms with Gasteiger partial charge in [-0.25, -0.2) is 14.6 Å². The van der Waals surface area contributed by atoms with Crippen LogP contribution in [0.2, 0.25) is 5.15 Å². The van der Waals surface area contributed by atoms with Gasteiger partial charge < -0.3 is 14.0 Å². The fourth-order valence-corrected chi connectivity index (χ4v) is 6.20. The van der Waals surface area contributed by atoms with Crippen LogP contribution in [-0.4, -0.2) is 88.7 Å². The van der Waals surface area contributed by atoms with Gasteiger partial charge in [-0.05, 0) is 60.4 Å². The molecule has 0 aliphatic carbocycles. The molecule has 1 saturated heterocycles.